The zero-order valence-electron chi connectivity index (χ0n) is 23.1. The topological polar surface area (TPSA) is 109 Å². The number of benzene rings is 2. The molecule has 1 aliphatic heterocycles. The third-order valence-corrected chi connectivity index (χ3v) is 6.83. The summed E-state index contributed by atoms with van der Waals surface area (Å²) in [5.41, 5.74) is 6.40. The highest BCUT2D eigenvalue weighted by molar-refractivity contribution is 6.41. The van der Waals surface area contributed by atoms with Crippen LogP contribution in [0.5, 0.6) is 5.75 Å². The van der Waals surface area contributed by atoms with E-state index in [0.29, 0.717) is 28.0 Å². The molecule has 4 amide bonds. The molecule has 39 heavy (non-hydrogen) atoms. The van der Waals surface area contributed by atoms with Crippen LogP contribution in [-0.4, -0.2) is 60.0 Å². The van der Waals surface area contributed by atoms with E-state index in [2.05, 4.69) is 4.98 Å². The largest absolute Gasteiger partial charge is 0.872 e. The first kappa shape index (κ1) is 27.5. The van der Waals surface area contributed by atoms with Crippen LogP contribution in [0.1, 0.15) is 39.2 Å². The van der Waals surface area contributed by atoms with Gasteiger partial charge < -0.3 is 24.6 Å². The summed E-state index contributed by atoms with van der Waals surface area (Å²) >= 11 is 0. The van der Waals surface area contributed by atoms with Crippen molar-refractivity contribution in [3.05, 3.63) is 81.7 Å². The van der Waals surface area contributed by atoms with Gasteiger partial charge in [-0.05, 0) is 57.0 Å². The number of ether oxygens (including phenoxy) is 1. The number of nitrogens with zero attached hydrogens (tertiary/aromatic N) is 3. The van der Waals surface area contributed by atoms with E-state index < -0.39 is 18.0 Å². The monoisotopic (exact) mass is 529 g/mol. The number of imide groups is 1. The Balaban J connectivity index is 1.40. The fourth-order valence-electron chi connectivity index (χ4n) is 4.65. The molecule has 1 aromatic heterocycles. The van der Waals surface area contributed by atoms with Crippen LogP contribution in [0.15, 0.2) is 42.5 Å². The van der Waals surface area contributed by atoms with E-state index in [1.165, 1.54) is 14.7 Å². The van der Waals surface area contributed by atoms with E-state index in [1.807, 2.05) is 32.0 Å². The fraction of sp³-hybridized carbons (Fsp3) is 0.300. The lowest BCUT2D eigenvalue weighted by Gasteiger charge is -2.26. The minimum atomic E-state index is -0.554. The predicted molar refractivity (Wildman–Crippen MR) is 148 cm³/mol. The van der Waals surface area contributed by atoms with E-state index in [9.17, 15) is 19.5 Å². The van der Waals surface area contributed by atoms with Crippen molar-refractivity contribution < 1.29 is 24.2 Å². The number of fused-ring (bicyclic) bond motifs is 1. The van der Waals surface area contributed by atoms with Crippen LogP contribution in [0.25, 0.3) is 11.6 Å². The van der Waals surface area contributed by atoms with E-state index in [0.717, 1.165) is 22.5 Å². The number of hydrogen-bond donors (Lipinski definition) is 1. The SMILES string of the molecule is Cc1cc(C)c(/C=C2\C(=O)N(C(=O)N(C)CCN(C)C(=O)OCc3cc(C)c([O-])c(C)c3)c3ccccc32)[nH]1. The van der Waals surface area contributed by atoms with Crippen molar-refractivity contribution in [1.29, 1.82) is 0 Å². The van der Waals surface area contributed by atoms with E-state index in [4.69, 9.17) is 4.74 Å². The number of hydrogen-bond acceptors (Lipinski definition) is 5. The Morgan fingerprint density at radius 2 is 1.62 bits per heavy atom. The first-order chi connectivity index (χ1) is 18.5. The van der Waals surface area contributed by atoms with Gasteiger partial charge in [-0.2, -0.15) is 0 Å². The molecule has 4 rings (SSSR count). The van der Waals surface area contributed by atoms with Gasteiger partial charge >= 0.3 is 12.1 Å². The van der Waals surface area contributed by atoms with E-state index in [1.54, 1.807) is 58.3 Å². The Bertz CT molecular complexity index is 1450. The second-order valence-corrected chi connectivity index (χ2v) is 10.0. The van der Waals surface area contributed by atoms with Crippen molar-refractivity contribution in [1.82, 2.24) is 14.8 Å². The van der Waals surface area contributed by atoms with Gasteiger partial charge in [0.25, 0.3) is 5.91 Å². The van der Waals surface area contributed by atoms with Crippen molar-refractivity contribution >= 4 is 35.4 Å². The van der Waals surface area contributed by atoms with Crippen molar-refractivity contribution in [3.63, 3.8) is 0 Å². The van der Waals surface area contributed by atoms with E-state index in [-0.39, 0.29) is 25.4 Å². The third kappa shape index (κ3) is 5.67. The first-order valence-corrected chi connectivity index (χ1v) is 12.7. The van der Waals surface area contributed by atoms with Gasteiger partial charge in [0.2, 0.25) is 0 Å². The molecule has 0 fully saturated rings. The maximum absolute atomic E-state index is 13.5. The average molecular weight is 530 g/mol. The van der Waals surface area contributed by atoms with Gasteiger partial charge in [-0.15, -0.1) is 5.75 Å². The molecule has 204 valence electrons. The van der Waals surface area contributed by atoms with Crippen LogP contribution in [0.2, 0.25) is 0 Å². The number of carbonyl (C=O) groups excluding carboxylic acids is 3. The maximum Gasteiger partial charge on any atom is 0.409 e. The van der Waals surface area contributed by atoms with Crippen molar-refractivity contribution in [2.45, 2.75) is 34.3 Å². The van der Waals surface area contributed by atoms with Crippen LogP contribution in [0.3, 0.4) is 0 Å². The highest BCUT2D eigenvalue weighted by atomic mass is 16.6. The van der Waals surface area contributed by atoms with Crippen LogP contribution >= 0.6 is 0 Å². The molecule has 0 unspecified atom stereocenters. The molecule has 0 spiro atoms. The van der Waals surface area contributed by atoms with Gasteiger partial charge in [-0.1, -0.05) is 41.5 Å². The van der Waals surface area contributed by atoms with Crippen LogP contribution < -0.4 is 10.0 Å². The van der Waals surface area contributed by atoms with Crippen molar-refractivity contribution in [2.24, 2.45) is 0 Å². The first-order valence-electron chi connectivity index (χ1n) is 12.7. The zero-order valence-corrected chi connectivity index (χ0v) is 23.1. The predicted octanol–water partition coefficient (Wildman–Crippen LogP) is 4.53. The molecule has 0 saturated carbocycles. The number of aromatic amines is 1. The quantitative estimate of drug-likeness (QED) is 0.472. The molecular formula is C30H33N4O5-. The van der Waals surface area contributed by atoms with Gasteiger partial charge in [0.05, 0.1) is 11.3 Å². The molecule has 2 aromatic carbocycles. The summed E-state index contributed by atoms with van der Waals surface area (Å²) in [4.78, 5) is 46.6. The molecule has 0 radical (unpaired) electrons. The normalized spacial score (nSPS) is 13.5. The second kappa shape index (κ2) is 11.1. The Kier molecular flexibility index (Phi) is 7.80. The molecule has 0 aliphatic carbocycles. The Morgan fingerprint density at radius 3 is 2.26 bits per heavy atom. The van der Waals surface area contributed by atoms with Gasteiger partial charge in [0, 0.05) is 44.1 Å². The summed E-state index contributed by atoms with van der Waals surface area (Å²) < 4.78 is 5.38. The number of aromatic nitrogens is 1. The van der Waals surface area contributed by atoms with Gasteiger partial charge in [0.1, 0.15) is 6.61 Å². The van der Waals surface area contributed by atoms with Crippen LogP contribution in [0.4, 0.5) is 15.3 Å². The molecule has 1 N–H and O–H groups in total. The van der Waals surface area contributed by atoms with Gasteiger partial charge in [0.15, 0.2) is 0 Å². The number of likely N-dealkylation sites (N-methyl/N-ethyl adjacent to an activating group) is 2. The Morgan fingerprint density at radius 1 is 0.974 bits per heavy atom. The minimum Gasteiger partial charge on any atom is -0.872 e. The fourth-order valence-corrected chi connectivity index (χ4v) is 4.65. The molecule has 0 saturated heterocycles. The Hall–Kier alpha value is -4.53. The molecule has 9 nitrogen and oxygen atoms in total. The highest BCUT2D eigenvalue weighted by Gasteiger charge is 2.38. The van der Waals surface area contributed by atoms with Crippen molar-refractivity contribution in [2.75, 3.05) is 32.1 Å². The van der Waals surface area contributed by atoms with E-state index >= 15 is 0 Å². The minimum absolute atomic E-state index is 0.0221. The molecule has 0 atom stereocenters. The zero-order chi connectivity index (χ0) is 28.4. The van der Waals surface area contributed by atoms with Crippen LogP contribution in [0, 0.1) is 27.7 Å². The summed E-state index contributed by atoms with van der Waals surface area (Å²) in [6, 6.07) is 12.1. The molecule has 1 aliphatic rings. The van der Waals surface area contributed by atoms with Gasteiger partial charge in [-0.25, -0.2) is 14.5 Å². The number of H-pyrrole nitrogens is 1. The number of para-hydroxylation sites is 1. The lowest BCUT2D eigenvalue weighted by molar-refractivity contribution is -0.270. The van der Waals surface area contributed by atoms with Crippen molar-refractivity contribution in [3.8, 4) is 5.75 Å². The van der Waals surface area contributed by atoms with Gasteiger partial charge in [-0.3, -0.25) is 4.79 Å². The number of carbonyl (C=O) groups is 3. The Labute approximate surface area is 228 Å². The number of aryl methyl sites for hydroxylation is 4. The summed E-state index contributed by atoms with van der Waals surface area (Å²) in [5, 5.41) is 11.9. The van der Waals surface area contributed by atoms with Crippen LogP contribution in [-0.2, 0) is 16.1 Å². The number of rotatable bonds is 6. The number of amides is 4. The molecule has 2 heterocycles. The number of urea groups is 1. The lowest BCUT2D eigenvalue weighted by Crippen LogP contribution is -2.45. The maximum atomic E-state index is 13.5. The third-order valence-electron chi connectivity index (χ3n) is 6.83. The molecular weight excluding hydrogens is 496 g/mol. The number of anilines is 1. The smallest absolute Gasteiger partial charge is 0.409 e. The summed E-state index contributed by atoms with van der Waals surface area (Å²) in [6.45, 7) is 7.79. The second-order valence-electron chi connectivity index (χ2n) is 10.0. The highest BCUT2D eigenvalue weighted by Crippen LogP contribution is 2.38. The summed E-state index contributed by atoms with van der Waals surface area (Å²) in [7, 11) is 3.17. The average Bonchev–Trinajstić information content (AvgIpc) is 3.37. The summed E-state index contributed by atoms with van der Waals surface area (Å²) in [5.74, 6) is -0.423. The molecule has 0 bridgehead atoms. The summed E-state index contributed by atoms with van der Waals surface area (Å²) in [6.07, 6.45) is 1.23. The lowest BCUT2D eigenvalue weighted by atomic mass is 10.1. The number of nitrogens with one attached hydrogen (secondary N) is 1. The standard InChI is InChI=1S/C30H34N4O5/c1-18-13-21(4)31-25(18)16-24-23-9-7-8-10-26(23)34(28(24)36)29(37)32(5)11-12-33(6)30(38)39-17-22-14-19(2)27(35)20(3)15-22/h7-10,13-16,31,35H,11-12,17H2,1-6H3/p-1/b24-16-. The molecule has 9 heteroatoms. The molecule has 3 aromatic rings.